The Morgan fingerprint density at radius 2 is 1.86 bits per heavy atom. The highest BCUT2D eigenvalue weighted by atomic mass is 35.5. The topological polar surface area (TPSA) is 70.2 Å². The van der Waals surface area contributed by atoms with Gasteiger partial charge < -0.3 is 4.98 Å². The molecule has 0 bridgehead atoms. The molecule has 1 aromatic rings. The van der Waals surface area contributed by atoms with Crippen molar-refractivity contribution >= 4 is 21.6 Å². The maximum Gasteiger partial charge on any atom is 0.391 e. The fraction of sp³-hybridized carbons (Fsp3) is 0.545. The number of rotatable bonds is 2. The predicted octanol–water partition coefficient (Wildman–Crippen LogP) is 1.99. The largest absolute Gasteiger partial charge is 0.391 e. The van der Waals surface area contributed by atoms with Crippen molar-refractivity contribution in [1.82, 2.24) is 9.29 Å². The number of aromatic nitrogens is 1. The van der Waals surface area contributed by atoms with Crippen LogP contribution in [0.1, 0.15) is 12.8 Å². The number of hydrogen-bond acceptors (Lipinski definition) is 3. The number of pyridine rings is 1. The van der Waals surface area contributed by atoms with E-state index in [9.17, 15) is 26.4 Å². The van der Waals surface area contributed by atoms with E-state index >= 15 is 0 Å². The van der Waals surface area contributed by atoms with Crippen molar-refractivity contribution < 1.29 is 21.6 Å². The van der Waals surface area contributed by atoms with Gasteiger partial charge in [0, 0.05) is 19.3 Å². The molecule has 2 heterocycles. The summed E-state index contributed by atoms with van der Waals surface area (Å²) in [7, 11) is -3.96. The molecule has 2 rings (SSSR count). The van der Waals surface area contributed by atoms with Crippen LogP contribution in [0.2, 0.25) is 5.02 Å². The molecule has 0 saturated carbocycles. The van der Waals surface area contributed by atoms with Crippen LogP contribution in [0, 0.1) is 5.92 Å². The van der Waals surface area contributed by atoms with Crippen molar-refractivity contribution in [2.24, 2.45) is 5.92 Å². The first-order chi connectivity index (χ1) is 9.62. The molecule has 21 heavy (non-hydrogen) atoms. The van der Waals surface area contributed by atoms with E-state index in [4.69, 9.17) is 11.6 Å². The molecule has 0 unspecified atom stereocenters. The third-order valence-corrected chi connectivity index (χ3v) is 5.54. The minimum atomic E-state index is -4.31. The van der Waals surface area contributed by atoms with Gasteiger partial charge in [-0.1, -0.05) is 11.6 Å². The molecule has 0 atom stereocenters. The van der Waals surface area contributed by atoms with Crippen molar-refractivity contribution in [3.63, 3.8) is 0 Å². The summed E-state index contributed by atoms with van der Waals surface area (Å²) < 4.78 is 63.2. The van der Waals surface area contributed by atoms with Gasteiger partial charge in [0.1, 0.15) is 5.02 Å². The highest BCUT2D eigenvalue weighted by Gasteiger charge is 2.43. The molecule has 10 heteroatoms. The normalized spacial score (nSPS) is 18.9. The first-order valence-corrected chi connectivity index (χ1v) is 7.89. The molecule has 0 aromatic carbocycles. The van der Waals surface area contributed by atoms with E-state index in [1.165, 1.54) is 0 Å². The Balaban J connectivity index is 2.18. The summed E-state index contributed by atoms with van der Waals surface area (Å²) >= 11 is 5.57. The molecule has 118 valence electrons. The summed E-state index contributed by atoms with van der Waals surface area (Å²) in [5.41, 5.74) is -0.633. The van der Waals surface area contributed by atoms with Gasteiger partial charge in [-0.3, -0.25) is 4.79 Å². The number of H-pyrrole nitrogens is 1. The lowest BCUT2D eigenvalue weighted by atomic mass is 9.98. The minimum absolute atomic E-state index is 0.219. The van der Waals surface area contributed by atoms with Gasteiger partial charge in [-0.05, 0) is 18.9 Å². The third-order valence-electron chi connectivity index (χ3n) is 3.39. The summed E-state index contributed by atoms with van der Waals surface area (Å²) in [6, 6.07) is 0.992. The zero-order valence-electron chi connectivity index (χ0n) is 10.7. The standard InChI is InChI=1S/C11H12ClF3N2O3S/c12-9-5-8(6-16-10(9)18)21(19,20)17-3-1-7(2-4-17)11(13,14)15/h5-7H,1-4H2,(H,16,18). The average molecular weight is 345 g/mol. The minimum Gasteiger partial charge on any atom is -0.326 e. The third kappa shape index (κ3) is 3.41. The first kappa shape index (κ1) is 16.3. The van der Waals surface area contributed by atoms with Gasteiger partial charge in [0.05, 0.1) is 10.8 Å². The Kier molecular flexibility index (Phi) is 4.36. The van der Waals surface area contributed by atoms with E-state index in [0.717, 1.165) is 16.6 Å². The number of hydrogen-bond donors (Lipinski definition) is 1. The zero-order valence-corrected chi connectivity index (χ0v) is 12.2. The van der Waals surface area contributed by atoms with Crippen LogP contribution in [-0.4, -0.2) is 37.0 Å². The molecule has 0 radical (unpaired) electrons. The molecule has 0 spiro atoms. The Morgan fingerprint density at radius 3 is 2.33 bits per heavy atom. The number of alkyl halides is 3. The van der Waals surface area contributed by atoms with Crippen molar-refractivity contribution in [3.8, 4) is 0 Å². The molecule has 1 aliphatic rings. The molecule has 5 nitrogen and oxygen atoms in total. The maximum absolute atomic E-state index is 12.6. The number of nitrogens with zero attached hydrogens (tertiary/aromatic N) is 1. The molecule has 0 amide bonds. The van der Waals surface area contributed by atoms with Crippen LogP contribution in [0.5, 0.6) is 0 Å². The molecule has 1 N–H and O–H groups in total. The van der Waals surface area contributed by atoms with Crippen LogP contribution in [0.15, 0.2) is 22.0 Å². The van der Waals surface area contributed by atoms with E-state index in [0.29, 0.717) is 0 Å². The Hall–Kier alpha value is -1.06. The van der Waals surface area contributed by atoms with Crippen molar-refractivity contribution in [1.29, 1.82) is 0 Å². The van der Waals surface area contributed by atoms with Gasteiger partial charge >= 0.3 is 6.18 Å². The molecule has 1 saturated heterocycles. The van der Waals surface area contributed by atoms with Crippen LogP contribution in [0.4, 0.5) is 13.2 Å². The number of piperidine rings is 1. The van der Waals surface area contributed by atoms with Crippen LogP contribution in [0.3, 0.4) is 0 Å². The van der Waals surface area contributed by atoms with Crippen molar-refractivity contribution in [2.75, 3.05) is 13.1 Å². The van der Waals surface area contributed by atoms with E-state index in [-0.39, 0.29) is 35.8 Å². The maximum atomic E-state index is 12.6. The molecule has 1 fully saturated rings. The number of sulfonamides is 1. The molecule has 1 aromatic heterocycles. The molecular weight excluding hydrogens is 333 g/mol. The lowest BCUT2D eigenvalue weighted by Gasteiger charge is -2.32. The van der Waals surface area contributed by atoms with Crippen LogP contribution < -0.4 is 5.56 Å². The average Bonchev–Trinajstić information content (AvgIpc) is 2.41. The Morgan fingerprint density at radius 1 is 1.29 bits per heavy atom. The van der Waals surface area contributed by atoms with Crippen LogP contribution in [-0.2, 0) is 10.0 Å². The second-order valence-electron chi connectivity index (χ2n) is 4.73. The zero-order chi connectivity index (χ0) is 15.8. The molecule has 0 aliphatic carbocycles. The second-order valence-corrected chi connectivity index (χ2v) is 7.08. The van der Waals surface area contributed by atoms with Gasteiger partial charge in [-0.25, -0.2) is 8.42 Å². The summed E-state index contributed by atoms with van der Waals surface area (Å²) in [4.78, 5) is 13.0. The SMILES string of the molecule is O=c1[nH]cc(S(=O)(=O)N2CCC(C(F)(F)F)CC2)cc1Cl. The summed E-state index contributed by atoms with van der Waals surface area (Å²) in [6.45, 7) is -0.438. The van der Waals surface area contributed by atoms with E-state index in [1.807, 2.05) is 0 Å². The lowest BCUT2D eigenvalue weighted by molar-refractivity contribution is -0.182. The van der Waals surface area contributed by atoms with E-state index in [2.05, 4.69) is 4.98 Å². The van der Waals surface area contributed by atoms with Crippen molar-refractivity contribution in [2.45, 2.75) is 23.9 Å². The second kappa shape index (κ2) is 5.62. The highest BCUT2D eigenvalue weighted by Crippen LogP contribution is 2.35. The van der Waals surface area contributed by atoms with Gasteiger partial charge in [-0.2, -0.15) is 17.5 Å². The Bertz CT molecular complexity index is 679. The fourth-order valence-electron chi connectivity index (χ4n) is 2.16. The van der Waals surface area contributed by atoms with Gasteiger partial charge in [-0.15, -0.1) is 0 Å². The molecule has 1 aliphatic heterocycles. The fourth-order valence-corrected chi connectivity index (χ4v) is 3.86. The van der Waals surface area contributed by atoms with Gasteiger partial charge in [0.25, 0.3) is 5.56 Å². The number of halogens is 4. The quantitative estimate of drug-likeness (QED) is 0.892. The van der Waals surface area contributed by atoms with E-state index < -0.39 is 27.7 Å². The van der Waals surface area contributed by atoms with Crippen LogP contribution in [0.25, 0.3) is 0 Å². The first-order valence-electron chi connectivity index (χ1n) is 6.07. The van der Waals surface area contributed by atoms with E-state index in [1.54, 1.807) is 0 Å². The van der Waals surface area contributed by atoms with Crippen LogP contribution >= 0.6 is 11.6 Å². The highest BCUT2D eigenvalue weighted by molar-refractivity contribution is 7.89. The monoisotopic (exact) mass is 344 g/mol. The van der Waals surface area contributed by atoms with Gasteiger partial charge in [0.2, 0.25) is 10.0 Å². The number of aromatic amines is 1. The lowest BCUT2D eigenvalue weighted by Crippen LogP contribution is -2.42. The summed E-state index contributed by atoms with van der Waals surface area (Å²) in [6.07, 6.45) is -3.88. The molecular formula is C11H12ClF3N2O3S. The number of nitrogens with one attached hydrogen (secondary N) is 1. The van der Waals surface area contributed by atoms with Crippen molar-refractivity contribution in [3.05, 3.63) is 27.6 Å². The predicted molar refractivity (Wildman–Crippen MR) is 69.6 cm³/mol. The Labute approximate surface area is 123 Å². The van der Waals surface area contributed by atoms with Gasteiger partial charge in [0.15, 0.2) is 0 Å². The summed E-state index contributed by atoms with van der Waals surface area (Å²) in [5.74, 6) is -1.48. The smallest absolute Gasteiger partial charge is 0.326 e. The summed E-state index contributed by atoms with van der Waals surface area (Å²) in [5, 5.41) is -0.291.